The molecule has 3 rings (SSSR count). The monoisotopic (exact) mass is 462 g/mol. The molecule has 0 bridgehead atoms. The van der Waals surface area contributed by atoms with Gasteiger partial charge in [0.15, 0.2) is 4.80 Å². The Balaban J connectivity index is 2.14. The van der Waals surface area contributed by atoms with Gasteiger partial charge in [0.05, 0.1) is 17.9 Å². The third kappa shape index (κ3) is 4.51. The van der Waals surface area contributed by atoms with Gasteiger partial charge in [0.25, 0.3) is 5.91 Å². The van der Waals surface area contributed by atoms with Crippen LogP contribution in [0.4, 0.5) is 0 Å². The number of fused-ring (bicyclic) bond motifs is 1. The molecule has 1 amide bonds. The molecular weight excluding hydrogens is 444 g/mol. The van der Waals surface area contributed by atoms with Crippen molar-refractivity contribution >= 4 is 49.4 Å². The van der Waals surface area contributed by atoms with Crippen LogP contribution in [0.5, 0.6) is 5.75 Å². The molecule has 0 N–H and O–H groups in total. The standard InChI is InChI=1S/C20H19BrN2O4S/c1-3-26-15-6-5-7-16-18(15)23(12-17(24)27-4-2)20(28-16)22-19(25)13-8-10-14(21)11-9-13/h5-11H,3-4,12H2,1-2H3. The van der Waals surface area contributed by atoms with Crippen LogP contribution < -0.4 is 9.54 Å². The maximum absolute atomic E-state index is 12.6. The van der Waals surface area contributed by atoms with Crippen LogP contribution in [0.25, 0.3) is 10.2 Å². The summed E-state index contributed by atoms with van der Waals surface area (Å²) in [5.41, 5.74) is 1.19. The SMILES string of the molecule is CCOC(=O)Cn1c(=NC(=O)c2ccc(Br)cc2)sc2cccc(OCC)c21. The van der Waals surface area contributed by atoms with Crippen molar-refractivity contribution in [2.75, 3.05) is 13.2 Å². The van der Waals surface area contributed by atoms with E-state index in [-0.39, 0.29) is 19.1 Å². The first-order chi connectivity index (χ1) is 13.5. The number of halogens is 1. The summed E-state index contributed by atoms with van der Waals surface area (Å²) in [6.45, 7) is 4.36. The molecule has 0 radical (unpaired) electrons. The van der Waals surface area contributed by atoms with Gasteiger partial charge >= 0.3 is 5.97 Å². The average molecular weight is 463 g/mol. The van der Waals surface area contributed by atoms with Crippen molar-refractivity contribution in [1.29, 1.82) is 0 Å². The fourth-order valence-electron chi connectivity index (χ4n) is 2.68. The van der Waals surface area contributed by atoms with Crippen LogP contribution in [0.3, 0.4) is 0 Å². The molecule has 0 unspecified atom stereocenters. The van der Waals surface area contributed by atoms with Gasteiger partial charge in [0.2, 0.25) is 0 Å². The highest BCUT2D eigenvalue weighted by Crippen LogP contribution is 2.27. The first-order valence-corrected chi connectivity index (χ1v) is 10.4. The molecule has 0 saturated carbocycles. The number of hydrogen-bond acceptors (Lipinski definition) is 5. The lowest BCUT2D eigenvalue weighted by Gasteiger charge is -2.09. The molecule has 28 heavy (non-hydrogen) atoms. The summed E-state index contributed by atoms with van der Waals surface area (Å²) < 4.78 is 14.2. The van der Waals surface area contributed by atoms with Crippen molar-refractivity contribution in [3.8, 4) is 5.75 Å². The molecule has 3 aromatic rings. The highest BCUT2D eigenvalue weighted by atomic mass is 79.9. The molecule has 1 heterocycles. The van der Waals surface area contributed by atoms with Crippen LogP contribution in [0, 0.1) is 0 Å². The number of hydrogen-bond donors (Lipinski definition) is 0. The zero-order valence-corrected chi connectivity index (χ0v) is 17.9. The molecule has 0 saturated heterocycles. The van der Waals surface area contributed by atoms with Crippen molar-refractivity contribution in [3.63, 3.8) is 0 Å². The van der Waals surface area contributed by atoms with E-state index in [2.05, 4.69) is 20.9 Å². The van der Waals surface area contributed by atoms with Crippen LogP contribution >= 0.6 is 27.3 Å². The van der Waals surface area contributed by atoms with Crippen LogP contribution in [0.15, 0.2) is 51.9 Å². The Kier molecular flexibility index (Phi) is 6.64. The summed E-state index contributed by atoms with van der Waals surface area (Å²) in [7, 11) is 0. The molecule has 8 heteroatoms. The van der Waals surface area contributed by atoms with Gasteiger partial charge in [-0.1, -0.05) is 33.3 Å². The van der Waals surface area contributed by atoms with Gasteiger partial charge in [-0.15, -0.1) is 0 Å². The number of carbonyl (C=O) groups excluding carboxylic acids is 2. The van der Waals surface area contributed by atoms with Gasteiger partial charge in [0, 0.05) is 10.0 Å². The summed E-state index contributed by atoms with van der Waals surface area (Å²) in [5.74, 6) is -0.140. The number of nitrogens with zero attached hydrogens (tertiary/aromatic N) is 2. The summed E-state index contributed by atoms with van der Waals surface area (Å²) in [4.78, 5) is 29.5. The highest BCUT2D eigenvalue weighted by molar-refractivity contribution is 9.10. The molecule has 0 fully saturated rings. The third-order valence-electron chi connectivity index (χ3n) is 3.84. The Bertz CT molecular complexity index is 1070. The van der Waals surface area contributed by atoms with Crippen LogP contribution in [-0.4, -0.2) is 29.7 Å². The summed E-state index contributed by atoms with van der Waals surface area (Å²) in [6, 6.07) is 12.6. The quantitative estimate of drug-likeness (QED) is 0.515. The highest BCUT2D eigenvalue weighted by Gasteiger charge is 2.16. The fraction of sp³-hybridized carbons (Fsp3) is 0.250. The Labute approximate surface area is 174 Å². The van der Waals surface area contributed by atoms with Crippen LogP contribution in [-0.2, 0) is 16.1 Å². The molecule has 146 valence electrons. The van der Waals surface area contributed by atoms with Crippen molar-refractivity contribution < 1.29 is 19.1 Å². The molecule has 0 aliphatic rings. The first-order valence-electron chi connectivity index (χ1n) is 8.78. The third-order valence-corrected chi connectivity index (χ3v) is 5.42. The number of ether oxygens (including phenoxy) is 2. The number of benzene rings is 2. The molecule has 0 atom stereocenters. The van der Waals surface area contributed by atoms with Crippen molar-refractivity contribution in [2.24, 2.45) is 4.99 Å². The van der Waals surface area contributed by atoms with Gasteiger partial charge in [0.1, 0.15) is 17.8 Å². The topological polar surface area (TPSA) is 69.9 Å². The summed E-state index contributed by atoms with van der Waals surface area (Å²) in [6.07, 6.45) is 0. The second-order valence-corrected chi connectivity index (χ2v) is 7.66. The van der Waals surface area contributed by atoms with E-state index >= 15 is 0 Å². The van der Waals surface area contributed by atoms with Crippen molar-refractivity contribution in [2.45, 2.75) is 20.4 Å². The Morgan fingerprint density at radius 3 is 2.54 bits per heavy atom. The number of para-hydroxylation sites is 1. The minimum absolute atomic E-state index is 0.0512. The average Bonchev–Trinajstić information content (AvgIpc) is 3.00. The van der Waals surface area contributed by atoms with Crippen molar-refractivity contribution in [1.82, 2.24) is 4.57 Å². The molecule has 1 aromatic heterocycles. The lowest BCUT2D eigenvalue weighted by molar-refractivity contribution is -0.143. The predicted molar refractivity (Wildman–Crippen MR) is 112 cm³/mol. The van der Waals surface area contributed by atoms with Gasteiger partial charge in [-0.3, -0.25) is 9.59 Å². The number of thiazole rings is 1. The Morgan fingerprint density at radius 2 is 1.86 bits per heavy atom. The van der Waals surface area contributed by atoms with Gasteiger partial charge in [-0.2, -0.15) is 4.99 Å². The molecule has 0 aliphatic heterocycles. The summed E-state index contributed by atoms with van der Waals surface area (Å²) in [5, 5.41) is 0. The molecular formula is C20H19BrN2O4S. The maximum Gasteiger partial charge on any atom is 0.326 e. The lowest BCUT2D eigenvalue weighted by Crippen LogP contribution is -2.23. The minimum Gasteiger partial charge on any atom is -0.492 e. The van der Waals surface area contributed by atoms with Crippen LogP contribution in [0.2, 0.25) is 0 Å². The molecule has 0 spiro atoms. The van der Waals surface area contributed by atoms with Gasteiger partial charge in [-0.05, 0) is 50.2 Å². The van der Waals surface area contributed by atoms with E-state index in [1.807, 2.05) is 25.1 Å². The van der Waals surface area contributed by atoms with E-state index in [1.54, 1.807) is 35.8 Å². The lowest BCUT2D eigenvalue weighted by atomic mass is 10.2. The fourth-order valence-corrected chi connectivity index (χ4v) is 3.99. The summed E-state index contributed by atoms with van der Waals surface area (Å²) >= 11 is 4.68. The van der Waals surface area contributed by atoms with E-state index < -0.39 is 5.97 Å². The second-order valence-electron chi connectivity index (χ2n) is 5.74. The molecule has 2 aromatic carbocycles. The van der Waals surface area contributed by atoms with E-state index in [0.29, 0.717) is 22.7 Å². The van der Waals surface area contributed by atoms with Gasteiger partial charge in [-0.25, -0.2) is 0 Å². The normalized spacial score (nSPS) is 11.6. The number of rotatable bonds is 6. The minimum atomic E-state index is -0.397. The zero-order valence-electron chi connectivity index (χ0n) is 15.5. The molecule has 0 aliphatic carbocycles. The van der Waals surface area contributed by atoms with E-state index in [1.165, 1.54) is 11.3 Å². The number of aromatic nitrogens is 1. The first kappa shape index (κ1) is 20.3. The number of carbonyl (C=O) groups is 2. The molecule has 6 nitrogen and oxygen atoms in total. The predicted octanol–water partition coefficient (Wildman–Crippen LogP) is 4.17. The Hall–Kier alpha value is -2.45. The number of esters is 1. The largest absolute Gasteiger partial charge is 0.492 e. The van der Waals surface area contributed by atoms with E-state index in [9.17, 15) is 9.59 Å². The van der Waals surface area contributed by atoms with Crippen molar-refractivity contribution in [3.05, 3.63) is 57.3 Å². The number of amides is 1. The van der Waals surface area contributed by atoms with Crippen LogP contribution in [0.1, 0.15) is 24.2 Å². The Morgan fingerprint density at radius 1 is 1.11 bits per heavy atom. The maximum atomic E-state index is 12.6. The van der Waals surface area contributed by atoms with E-state index in [4.69, 9.17) is 9.47 Å². The zero-order chi connectivity index (χ0) is 20.1. The van der Waals surface area contributed by atoms with Gasteiger partial charge < -0.3 is 14.0 Å². The second kappa shape index (κ2) is 9.16. The van der Waals surface area contributed by atoms with E-state index in [0.717, 1.165) is 14.7 Å². The smallest absolute Gasteiger partial charge is 0.326 e.